The molecule has 0 amide bonds. The van der Waals surface area contributed by atoms with Crippen LogP contribution in [0, 0.1) is 17.1 Å². The highest BCUT2D eigenvalue weighted by atomic mass is 19.1. The van der Waals surface area contributed by atoms with Gasteiger partial charge < -0.3 is 4.57 Å². The van der Waals surface area contributed by atoms with Crippen molar-refractivity contribution in [2.45, 2.75) is 26.1 Å². The number of rotatable bonds is 4. The van der Waals surface area contributed by atoms with E-state index >= 15 is 0 Å². The predicted octanol–water partition coefficient (Wildman–Crippen LogP) is 2.14. The van der Waals surface area contributed by atoms with Crippen molar-refractivity contribution >= 4 is 0 Å². The Morgan fingerprint density at radius 1 is 1.33 bits per heavy atom. The van der Waals surface area contributed by atoms with Gasteiger partial charge in [-0.15, -0.1) is 0 Å². The Morgan fingerprint density at radius 3 is 2.83 bits per heavy atom. The maximum atomic E-state index is 13.3. The predicted molar refractivity (Wildman–Crippen MR) is 89.5 cm³/mol. The Hall–Kier alpha value is -2.23. The SMILES string of the molecule is CC1CN(Cc2ccc(F)cc2C#N)CCN1Cc1nccn1C. The molecule has 5 nitrogen and oxygen atoms in total. The van der Waals surface area contributed by atoms with Gasteiger partial charge in [-0.1, -0.05) is 6.07 Å². The molecule has 6 heteroatoms. The summed E-state index contributed by atoms with van der Waals surface area (Å²) in [5, 5.41) is 9.18. The van der Waals surface area contributed by atoms with Gasteiger partial charge in [-0.2, -0.15) is 5.26 Å². The van der Waals surface area contributed by atoms with Crippen LogP contribution in [0.5, 0.6) is 0 Å². The van der Waals surface area contributed by atoms with Gasteiger partial charge >= 0.3 is 0 Å². The zero-order chi connectivity index (χ0) is 17.1. The van der Waals surface area contributed by atoms with E-state index in [0.29, 0.717) is 18.2 Å². The summed E-state index contributed by atoms with van der Waals surface area (Å²) >= 11 is 0. The minimum Gasteiger partial charge on any atom is -0.337 e. The molecule has 0 N–H and O–H groups in total. The van der Waals surface area contributed by atoms with Gasteiger partial charge in [-0.05, 0) is 24.6 Å². The van der Waals surface area contributed by atoms with Crippen LogP contribution in [0.4, 0.5) is 4.39 Å². The van der Waals surface area contributed by atoms with E-state index in [0.717, 1.165) is 37.6 Å². The second-order valence-electron chi connectivity index (χ2n) is 6.42. The van der Waals surface area contributed by atoms with E-state index in [1.807, 2.05) is 19.4 Å². The second kappa shape index (κ2) is 7.12. The molecule has 0 saturated carbocycles. The third-order valence-corrected chi connectivity index (χ3v) is 4.70. The summed E-state index contributed by atoms with van der Waals surface area (Å²) in [6.07, 6.45) is 3.79. The number of aromatic nitrogens is 2. The highest BCUT2D eigenvalue weighted by Crippen LogP contribution is 2.18. The average molecular weight is 327 g/mol. The topological polar surface area (TPSA) is 48.1 Å². The number of benzene rings is 1. The van der Waals surface area contributed by atoms with Gasteiger partial charge in [0.1, 0.15) is 11.6 Å². The number of nitrogens with zero attached hydrogens (tertiary/aromatic N) is 5. The third kappa shape index (κ3) is 3.64. The summed E-state index contributed by atoms with van der Waals surface area (Å²) in [6.45, 7) is 6.55. The molecule has 1 aromatic heterocycles. The number of imidazole rings is 1. The third-order valence-electron chi connectivity index (χ3n) is 4.70. The molecule has 1 saturated heterocycles. The molecule has 2 aromatic rings. The molecule has 1 fully saturated rings. The quantitative estimate of drug-likeness (QED) is 0.863. The molecule has 24 heavy (non-hydrogen) atoms. The standard InChI is InChI=1S/C18H22FN5/c1-14-11-23(12-15-3-4-17(19)9-16(15)10-20)7-8-24(14)13-18-21-5-6-22(18)2/h3-6,9,14H,7-8,11-13H2,1-2H3. The maximum Gasteiger partial charge on any atom is 0.124 e. The van der Waals surface area contributed by atoms with Crippen LogP contribution in [0.3, 0.4) is 0 Å². The number of hydrogen-bond acceptors (Lipinski definition) is 4. The fourth-order valence-corrected chi connectivity index (χ4v) is 3.21. The van der Waals surface area contributed by atoms with E-state index in [1.165, 1.54) is 12.1 Å². The smallest absolute Gasteiger partial charge is 0.124 e. The van der Waals surface area contributed by atoms with Crippen molar-refractivity contribution in [3.05, 3.63) is 53.4 Å². The summed E-state index contributed by atoms with van der Waals surface area (Å²) in [7, 11) is 2.02. The van der Waals surface area contributed by atoms with Gasteiger partial charge in [-0.25, -0.2) is 9.37 Å². The van der Waals surface area contributed by atoms with Crippen LogP contribution in [0.15, 0.2) is 30.6 Å². The largest absolute Gasteiger partial charge is 0.337 e. The van der Waals surface area contributed by atoms with Crippen LogP contribution < -0.4 is 0 Å². The van der Waals surface area contributed by atoms with E-state index in [9.17, 15) is 9.65 Å². The van der Waals surface area contributed by atoms with Crippen molar-refractivity contribution in [2.75, 3.05) is 19.6 Å². The van der Waals surface area contributed by atoms with Crippen LogP contribution >= 0.6 is 0 Å². The fourth-order valence-electron chi connectivity index (χ4n) is 3.21. The Kier molecular flexibility index (Phi) is 4.93. The first-order valence-electron chi connectivity index (χ1n) is 8.18. The normalized spacial score (nSPS) is 19.3. The summed E-state index contributed by atoms with van der Waals surface area (Å²) in [5.41, 5.74) is 1.32. The molecule has 0 radical (unpaired) electrons. The zero-order valence-electron chi connectivity index (χ0n) is 14.1. The number of hydrogen-bond donors (Lipinski definition) is 0. The van der Waals surface area contributed by atoms with Crippen molar-refractivity contribution in [1.82, 2.24) is 19.4 Å². The summed E-state index contributed by atoms with van der Waals surface area (Å²) in [4.78, 5) is 9.15. The lowest BCUT2D eigenvalue weighted by Gasteiger charge is -2.39. The van der Waals surface area contributed by atoms with Gasteiger partial charge in [0, 0.05) is 51.7 Å². The molecule has 1 aliphatic rings. The molecule has 2 heterocycles. The van der Waals surface area contributed by atoms with E-state index in [-0.39, 0.29) is 5.82 Å². The molecule has 1 aliphatic heterocycles. The van der Waals surface area contributed by atoms with Crippen molar-refractivity contribution in [3.63, 3.8) is 0 Å². The molecule has 126 valence electrons. The number of halogens is 1. The van der Waals surface area contributed by atoms with E-state index in [2.05, 4.69) is 32.3 Å². The number of nitriles is 1. The van der Waals surface area contributed by atoms with Gasteiger partial charge in [0.05, 0.1) is 18.2 Å². The Morgan fingerprint density at radius 2 is 2.17 bits per heavy atom. The van der Waals surface area contributed by atoms with Crippen LogP contribution in [0.25, 0.3) is 0 Å². The van der Waals surface area contributed by atoms with E-state index in [1.54, 1.807) is 6.07 Å². The fraction of sp³-hybridized carbons (Fsp3) is 0.444. The van der Waals surface area contributed by atoms with Crippen LogP contribution in [0.2, 0.25) is 0 Å². The average Bonchev–Trinajstić information content (AvgIpc) is 2.96. The monoisotopic (exact) mass is 327 g/mol. The lowest BCUT2D eigenvalue weighted by molar-refractivity contribution is 0.0707. The molecule has 0 bridgehead atoms. The molecule has 0 aliphatic carbocycles. The molecular formula is C18H22FN5. The highest BCUT2D eigenvalue weighted by Gasteiger charge is 2.25. The van der Waals surface area contributed by atoms with Crippen molar-refractivity contribution < 1.29 is 4.39 Å². The summed E-state index contributed by atoms with van der Waals surface area (Å²) in [5.74, 6) is 0.712. The van der Waals surface area contributed by atoms with E-state index in [4.69, 9.17) is 0 Å². The van der Waals surface area contributed by atoms with Gasteiger partial charge in [-0.3, -0.25) is 9.80 Å². The molecule has 1 unspecified atom stereocenters. The summed E-state index contributed by atoms with van der Waals surface area (Å²) < 4.78 is 15.3. The second-order valence-corrected chi connectivity index (χ2v) is 6.42. The van der Waals surface area contributed by atoms with Gasteiger partial charge in [0.15, 0.2) is 0 Å². The number of piperazine rings is 1. The minimum absolute atomic E-state index is 0.358. The van der Waals surface area contributed by atoms with Crippen LogP contribution in [0.1, 0.15) is 23.9 Å². The highest BCUT2D eigenvalue weighted by molar-refractivity contribution is 5.37. The first-order valence-corrected chi connectivity index (χ1v) is 8.18. The van der Waals surface area contributed by atoms with Crippen molar-refractivity contribution in [3.8, 4) is 6.07 Å². The lowest BCUT2D eigenvalue weighted by Crippen LogP contribution is -2.51. The minimum atomic E-state index is -0.358. The van der Waals surface area contributed by atoms with Crippen LogP contribution in [-0.2, 0) is 20.1 Å². The van der Waals surface area contributed by atoms with Crippen molar-refractivity contribution in [1.29, 1.82) is 5.26 Å². The first kappa shape index (κ1) is 16.6. The molecule has 3 rings (SSSR count). The Bertz CT molecular complexity index is 748. The Balaban J connectivity index is 1.62. The van der Waals surface area contributed by atoms with Crippen molar-refractivity contribution in [2.24, 2.45) is 7.05 Å². The molecule has 0 spiro atoms. The lowest BCUT2D eigenvalue weighted by atomic mass is 10.1. The maximum absolute atomic E-state index is 13.3. The molecule has 1 aromatic carbocycles. The van der Waals surface area contributed by atoms with Gasteiger partial charge in [0.25, 0.3) is 0 Å². The Labute approximate surface area is 141 Å². The van der Waals surface area contributed by atoms with Crippen LogP contribution in [-0.4, -0.2) is 45.0 Å². The van der Waals surface area contributed by atoms with Gasteiger partial charge in [0.2, 0.25) is 0 Å². The molecule has 1 atom stereocenters. The summed E-state index contributed by atoms with van der Waals surface area (Å²) in [6, 6.07) is 6.96. The molecular weight excluding hydrogens is 305 g/mol. The van der Waals surface area contributed by atoms with E-state index < -0.39 is 0 Å². The zero-order valence-corrected chi connectivity index (χ0v) is 14.1. The first-order chi connectivity index (χ1) is 11.6. The number of aryl methyl sites for hydroxylation is 1.